The summed E-state index contributed by atoms with van der Waals surface area (Å²) in [7, 11) is 3.70. The summed E-state index contributed by atoms with van der Waals surface area (Å²) < 4.78 is 0. The third kappa shape index (κ3) is 13.9. The second kappa shape index (κ2) is 17.3. The van der Waals surface area contributed by atoms with Gasteiger partial charge in [0.1, 0.15) is 0 Å². The molecule has 29 heavy (non-hydrogen) atoms. The zero-order valence-corrected chi connectivity index (χ0v) is 18.2. The molecule has 0 aliphatic carbocycles. The van der Waals surface area contributed by atoms with Gasteiger partial charge >= 0.3 is 0 Å². The molecule has 2 aromatic carbocycles. The number of amides is 1. The van der Waals surface area contributed by atoms with Crippen LogP contribution in [-0.4, -0.2) is 25.4 Å². The Morgan fingerprint density at radius 2 is 1.52 bits per heavy atom. The highest BCUT2D eigenvalue weighted by Crippen LogP contribution is 2.07. The summed E-state index contributed by atoms with van der Waals surface area (Å²) >= 11 is 0. The SMILES string of the molecule is C=CCCCc1ccc(C)cc1.C=CN.CNCc1ccc(CN(C)C=O)cc1. The summed E-state index contributed by atoms with van der Waals surface area (Å²) in [4.78, 5) is 12.0. The Morgan fingerprint density at radius 3 is 2.00 bits per heavy atom. The summed E-state index contributed by atoms with van der Waals surface area (Å²) in [5.41, 5.74) is 9.79. The van der Waals surface area contributed by atoms with Gasteiger partial charge in [-0.3, -0.25) is 4.79 Å². The molecule has 0 fully saturated rings. The van der Waals surface area contributed by atoms with Crippen LogP contribution in [0.3, 0.4) is 0 Å². The molecule has 1 amide bonds. The second-order valence-electron chi connectivity index (χ2n) is 6.77. The number of carbonyl (C=O) groups is 1. The fraction of sp³-hybridized carbons (Fsp3) is 0.320. The summed E-state index contributed by atoms with van der Waals surface area (Å²) in [5, 5.41) is 3.09. The number of unbranched alkanes of at least 4 members (excludes halogenated alkanes) is 1. The van der Waals surface area contributed by atoms with Crippen LogP contribution in [0.1, 0.15) is 35.1 Å². The molecule has 0 spiro atoms. The minimum atomic E-state index is 0.670. The van der Waals surface area contributed by atoms with E-state index in [-0.39, 0.29) is 0 Å². The van der Waals surface area contributed by atoms with E-state index >= 15 is 0 Å². The Labute approximate surface area is 177 Å². The van der Waals surface area contributed by atoms with E-state index in [2.05, 4.69) is 67.5 Å². The first kappa shape index (κ1) is 26.1. The van der Waals surface area contributed by atoms with Crippen LogP contribution in [0.25, 0.3) is 0 Å². The molecule has 4 nitrogen and oxygen atoms in total. The largest absolute Gasteiger partial charge is 0.405 e. The van der Waals surface area contributed by atoms with Gasteiger partial charge in [0.25, 0.3) is 0 Å². The molecule has 2 rings (SSSR count). The number of hydrogen-bond acceptors (Lipinski definition) is 3. The van der Waals surface area contributed by atoms with E-state index in [1.807, 2.05) is 25.3 Å². The summed E-state index contributed by atoms with van der Waals surface area (Å²) in [6.45, 7) is 10.5. The van der Waals surface area contributed by atoms with Crippen LogP contribution < -0.4 is 11.1 Å². The van der Waals surface area contributed by atoms with Gasteiger partial charge in [-0.1, -0.05) is 66.7 Å². The number of hydrogen-bond donors (Lipinski definition) is 2. The fourth-order valence-electron chi connectivity index (χ4n) is 2.50. The van der Waals surface area contributed by atoms with Crippen molar-refractivity contribution in [2.45, 2.75) is 39.3 Å². The molecule has 0 bridgehead atoms. The average molecular weight is 396 g/mol. The first-order valence-corrected chi connectivity index (χ1v) is 9.87. The highest BCUT2D eigenvalue weighted by molar-refractivity contribution is 5.46. The standard InChI is InChI=1S/C12H16.C11H16N2O.C2H5N/c1-3-4-5-6-12-9-7-11(2)8-10-12;1-12-7-10-3-5-11(6-4-10)8-13(2)9-14;1-2-3/h3,7-10H,1,4-6H2,2H3;3-6,9,12H,7-8H2,1-2H3;2H,1,3H2. The molecule has 2 aromatic rings. The fourth-order valence-corrected chi connectivity index (χ4v) is 2.50. The molecular formula is C25H37N3O. The maximum Gasteiger partial charge on any atom is 0.209 e. The molecule has 4 heteroatoms. The predicted molar refractivity (Wildman–Crippen MR) is 125 cm³/mol. The Kier molecular flexibility index (Phi) is 15.6. The number of rotatable bonds is 9. The predicted octanol–water partition coefficient (Wildman–Crippen LogP) is 4.59. The van der Waals surface area contributed by atoms with Crippen LogP contribution in [0.15, 0.2) is 74.0 Å². The lowest BCUT2D eigenvalue weighted by molar-refractivity contribution is -0.117. The quantitative estimate of drug-likeness (QED) is 0.371. The topological polar surface area (TPSA) is 58.4 Å². The van der Waals surface area contributed by atoms with Crippen molar-refractivity contribution < 1.29 is 4.79 Å². The molecule has 0 aromatic heterocycles. The molecule has 0 atom stereocenters. The van der Waals surface area contributed by atoms with Crippen LogP contribution in [0.5, 0.6) is 0 Å². The van der Waals surface area contributed by atoms with Crippen molar-refractivity contribution in [3.8, 4) is 0 Å². The first-order chi connectivity index (χ1) is 14.0. The van der Waals surface area contributed by atoms with Crippen molar-refractivity contribution in [3.05, 3.63) is 96.2 Å². The molecule has 158 valence electrons. The Morgan fingerprint density at radius 1 is 1.00 bits per heavy atom. The van der Waals surface area contributed by atoms with Gasteiger partial charge in [-0.05, 0) is 56.1 Å². The molecular weight excluding hydrogens is 358 g/mol. The third-order valence-corrected chi connectivity index (χ3v) is 4.01. The highest BCUT2D eigenvalue weighted by atomic mass is 16.1. The Balaban J connectivity index is 0.000000481. The van der Waals surface area contributed by atoms with Gasteiger partial charge in [0.15, 0.2) is 0 Å². The van der Waals surface area contributed by atoms with E-state index in [1.54, 1.807) is 11.9 Å². The van der Waals surface area contributed by atoms with Gasteiger partial charge in [-0.15, -0.1) is 6.58 Å². The maximum absolute atomic E-state index is 10.4. The molecule has 0 unspecified atom stereocenters. The zero-order chi connectivity index (χ0) is 21.9. The molecule has 0 saturated heterocycles. The van der Waals surface area contributed by atoms with Crippen LogP contribution in [0.2, 0.25) is 0 Å². The smallest absolute Gasteiger partial charge is 0.209 e. The lowest BCUT2D eigenvalue weighted by Gasteiger charge is -2.10. The number of nitrogens with one attached hydrogen (secondary N) is 1. The van der Waals surface area contributed by atoms with Gasteiger partial charge in [0.05, 0.1) is 0 Å². The molecule has 0 aliphatic rings. The highest BCUT2D eigenvalue weighted by Gasteiger charge is 1.97. The minimum Gasteiger partial charge on any atom is -0.405 e. The van der Waals surface area contributed by atoms with E-state index < -0.39 is 0 Å². The van der Waals surface area contributed by atoms with Crippen molar-refractivity contribution >= 4 is 6.41 Å². The van der Waals surface area contributed by atoms with E-state index in [4.69, 9.17) is 0 Å². The van der Waals surface area contributed by atoms with E-state index in [0.717, 1.165) is 24.9 Å². The third-order valence-electron chi connectivity index (χ3n) is 4.01. The summed E-state index contributed by atoms with van der Waals surface area (Å²) in [6.07, 6.45) is 7.57. The Hall–Kier alpha value is -2.85. The van der Waals surface area contributed by atoms with Gasteiger partial charge < -0.3 is 16.0 Å². The van der Waals surface area contributed by atoms with Crippen LogP contribution in [-0.2, 0) is 24.3 Å². The van der Waals surface area contributed by atoms with E-state index in [0.29, 0.717) is 6.54 Å². The van der Waals surface area contributed by atoms with E-state index in [9.17, 15) is 4.79 Å². The average Bonchev–Trinajstić information content (AvgIpc) is 2.72. The van der Waals surface area contributed by atoms with Gasteiger partial charge in [0, 0.05) is 20.1 Å². The number of benzene rings is 2. The first-order valence-electron chi connectivity index (χ1n) is 9.87. The van der Waals surface area contributed by atoms with Gasteiger partial charge in [0.2, 0.25) is 6.41 Å². The number of nitrogens with two attached hydrogens (primary N) is 1. The van der Waals surface area contributed by atoms with Crippen molar-refractivity contribution in [2.24, 2.45) is 5.73 Å². The van der Waals surface area contributed by atoms with Crippen molar-refractivity contribution in [1.29, 1.82) is 0 Å². The normalized spacial score (nSPS) is 9.21. The van der Waals surface area contributed by atoms with Crippen LogP contribution in [0, 0.1) is 6.92 Å². The molecule has 0 heterocycles. The number of aryl methyl sites for hydroxylation is 2. The van der Waals surface area contributed by atoms with Crippen molar-refractivity contribution in [2.75, 3.05) is 14.1 Å². The van der Waals surface area contributed by atoms with Crippen molar-refractivity contribution in [3.63, 3.8) is 0 Å². The van der Waals surface area contributed by atoms with Crippen LogP contribution >= 0.6 is 0 Å². The van der Waals surface area contributed by atoms with Crippen LogP contribution in [0.4, 0.5) is 0 Å². The number of nitrogens with zero attached hydrogens (tertiary/aromatic N) is 1. The maximum atomic E-state index is 10.4. The van der Waals surface area contributed by atoms with Crippen molar-refractivity contribution in [1.82, 2.24) is 10.2 Å². The molecule has 0 radical (unpaired) electrons. The molecule has 0 saturated carbocycles. The second-order valence-corrected chi connectivity index (χ2v) is 6.77. The monoisotopic (exact) mass is 395 g/mol. The summed E-state index contributed by atoms with van der Waals surface area (Å²) in [6, 6.07) is 17.0. The van der Waals surface area contributed by atoms with Gasteiger partial charge in [-0.25, -0.2) is 0 Å². The molecule has 3 N–H and O–H groups in total. The minimum absolute atomic E-state index is 0.670. The summed E-state index contributed by atoms with van der Waals surface area (Å²) in [5.74, 6) is 0. The zero-order valence-electron chi connectivity index (χ0n) is 18.2. The Bertz CT molecular complexity index is 678. The molecule has 0 aliphatic heterocycles. The van der Waals surface area contributed by atoms with E-state index in [1.165, 1.54) is 35.7 Å². The lowest BCUT2D eigenvalue weighted by Crippen LogP contribution is -2.14. The number of carbonyl (C=O) groups excluding carboxylic acids is 1. The number of allylic oxidation sites excluding steroid dienone is 1. The lowest BCUT2D eigenvalue weighted by atomic mass is 10.1. The van der Waals surface area contributed by atoms with Gasteiger partial charge in [-0.2, -0.15) is 0 Å².